The monoisotopic (exact) mass is 286 g/mol. The fourth-order valence-electron chi connectivity index (χ4n) is 2.55. The van der Waals surface area contributed by atoms with Crippen LogP contribution in [0.5, 0.6) is 0 Å². The van der Waals surface area contributed by atoms with Gasteiger partial charge in [-0.05, 0) is 33.1 Å². The Morgan fingerprint density at radius 2 is 2.33 bits per heavy atom. The summed E-state index contributed by atoms with van der Waals surface area (Å²) in [6.07, 6.45) is 4.50. The van der Waals surface area contributed by atoms with Gasteiger partial charge in [0.1, 0.15) is 17.5 Å². The molecule has 0 radical (unpaired) electrons. The van der Waals surface area contributed by atoms with E-state index in [9.17, 15) is 5.26 Å². The van der Waals surface area contributed by atoms with Crippen molar-refractivity contribution in [1.29, 1.82) is 10.7 Å². The lowest BCUT2D eigenvalue weighted by atomic mass is 10.1. The molecule has 0 unspecified atom stereocenters. The summed E-state index contributed by atoms with van der Waals surface area (Å²) in [5.74, 6) is 1.42. The highest BCUT2D eigenvalue weighted by atomic mass is 15.3. The van der Waals surface area contributed by atoms with E-state index in [4.69, 9.17) is 5.41 Å². The molecule has 1 aromatic rings. The largest absolute Gasteiger partial charge is 0.360 e. The molecule has 1 aromatic heterocycles. The van der Waals surface area contributed by atoms with E-state index >= 15 is 0 Å². The van der Waals surface area contributed by atoms with Crippen LogP contribution in [0.15, 0.2) is 11.4 Å². The molecule has 2 rings (SSSR count). The molecule has 2 heterocycles. The van der Waals surface area contributed by atoms with Crippen LogP contribution in [0.3, 0.4) is 0 Å². The van der Waals surface area contributed by atoms with Crippen molar-refractivity contribution in [2.75, 3.05) is 18.9 Å². The van der Waals surface area contributed by atoms with Crippen molar-refractivity contribution in [1.82, 2.24) is 14.7 Å². The molecule has 0 fully saturated rings. The van der Waals surface area contributed by atoms with Crippen molar-refractivity contribution >= 4 is 12.0 Å². The van der Waals surface area contributed by atoms with E-state index in [2.05, 4.69) is 28.1 Å². The van der Waals surface area contributed by atoms with Crippen LogP contribution in [0.4, 0.5) is 5.82 Å². The van der Waals surface area contributed by atoms with Crippen LogP contribution >= 0.6 is 0 Å². The molecule has 6 heteroatoms. The van der Waals surface area contributed by atoms with E-state index in [-0.39, 0.29) is 0 Å². The molecule has 0 amide bonds. The third-order valence-corrected chi connectivity index (χ3v) is 3.97. The number of nitrogens with one attached hydrogen (secondary N) is 2. The number of nitrogens with zero attached hydrogens (tertiary/aromatic N) is 4. The number of hydrogen-bond donors (Lipinski definition) is 2. The van der Waals surface area contributed by atoms with Gasteiger partial charge in [-0.25, -0.2) is 0 Å². The average Bonchev–Trinajstić information content (AvgIpc) is 2.83. The first kappa shape index (κ1) is 15.1. The average molecular weight is 286 g/mol. The summed E-state index contributed by atoms with van der Waals surface area (Å²) in [6, 6.07) is 2.07. The second-order valence-electron chi connectivity index (χ2n) is 5.26. The van der Waals surface area contributed by atoms with Crippen molar-refractivity contribution in [3.63, 3.8) is 0 Å². The minimum absolute atomic E-state index is 0.310. The fourth-order valence-corrected chi connectivity index (χ4v) is 2.55. The molecule has 0 bridgehead atoms. The molecule has 0 saturated carbocycles. The molecule has 0 spiro atoms. The predicted octanol–water partition coefficient (Wildman–Crippen LogP) is 2.28. The Morgan fingerprint density at radius 1 is 1.57 bits per heavy atom. The van der Waals surface area contributed by atoms with Gasteiger partial charge in [0.05, 0.1) is 0 Å². The quantitative estimate of drug-likeness (QED) is 0.642. The number of hydrogen-bond acceptors (Lipinski definition) is 5. The molecule has 1 aliphatic heterocycles. The van der Waals surface area contributed by atoms with E-state index in [1.807, 2.05) is 18.9 Å². The van der Waals surface area contributed by atoms with Crippen LogP contribution < -0.4 is 5.32 Å². The van der Waals surface area contributed by atoms with Crippen molar-refractivity contribution in [2.24, 2.45) is 0 Å². The molecule has 6 nitrogen and oxygen atoms in total. The van der Waals surface area contributed by atoms with Crippen LogP contribution in [-0.2, 0) is 13.0 Å². The summed E-state index contributed by atoms with van der Waals surface area (Å²) >= 11 is 0. The maximum atomic E-state index is 9.20. The molecule has 1 aliphatic rings. The van der Waals surface area contributed by atoms with Gasteiger partial charge in [-0.15, -0.1) is 0 Å². The SMILES string of the molecule is CCN(C)/C(Nc1nn2c(c1C)CCCC2)=C(\C#N)C=N. The molecule has 2 N–H and O–H groups in total. The van der Waals surface area contributed by atoms with Crippen LogP contribution in [0.2, 0.25) is 0 Å². The van der Waals surface area contributed by atoms with Gasteiger partial charge in [-0.2, -0.15) is 10.4 Å². The van der Waals surface area contributed by atoms with Crippen LogP contribution in [0, 0.1) is 23.7 Å². The van der Waals surface area contributed by atoms with Gasteiger partial charge in [0.25, 0.3) is 0 Å². The molecule has 0 aromatic carbocycles. The number of aryl methyl sites for hydroxylation is 1. The Morgan fingerprint density at radius 3 is 2.90 bits per heavy atom. The van der Waals surface area contributed by atoms with Crippen LogP contribution in [0.1, 0.15) is 31.0 Å². The first-order valence-corrected chi connectivity index (χ1v) is 7.31. The molecular weight excluding hydrogens is 264 g/mol. The minimum Gasteiger partial charge on any atom is -0.360 e. The Balaban J connectivity index is 2.38. The Kier molecular flexibility index (Phi) is 4.63. The van der Waals surface area contributed by atoms with Crippen molar-refractivity contribution in [3.8, 4) is 6.07 Å². The van der Waals surface area contributed by atoms with E-state index in [0.717, 1.165) is 43.5 Å². The third-order valence-electron chi connectivity index (χ3n) is 3.97. The van der Waals surface area contributed by atoms with Gasteiger partial charge in [-0.3, -0.25) is 4.68 Å². The molecule has 112 valence electrons. The summed E-state index contributed by atoms with van der Waals surface area (Å²) in [7, 11) is 1.90. The number of allylic oxidation sites excluding steroid dienone is 1. The number of fused-ring (bicyclic) bond motifs is 1. The smallest absolute Gasteiger partial charge is 0.156 e. The summed E-state index contributed by atoms with van der Waals surface area (Å²) in [4.78, 5) is 1.92. The Hall–Kier alpha value is -2.29. The summed E-state index contributed by atoms with van der Waals surface area (Å²) in [5.41, 5.74) is 2.72. The standard InChI is InChI=1S/C15H22N6/c1-4-20(3)15(12(9-16)10-17)18-14-11(2)13-7-5-6-8-21(13)19-14/h9,16H,4-8H2,1-3H3,(H,18,19)/b15-12-,16-9?. The summed E-state index contributed by atoms with van der Waals surface area (Å²) < 4.78 is 2.06. The number of aromatic nitrogens is 2. The number of nitriles is 1. The maximum Gasteiger partial charge on any atom is 0.156 e. The second kappa shape index (κ2) is 6.44. The van der Waals surface area contributed by atoms with Gasteiger partial charge in [0.15, 0.2) is 5.82 Å². The molecule has 0 aliphatic carbocycles. The van der Waals surface area contributed by atoms with Gasteiger partial charge >= 0.3 is 0 Å². The normalized spacial score (nSPS) is 14.8. The highest BCUT2D eigenvalue weighted by Crippen LogP contribution is 2.25. The van der Waals surface area contributed by atoms with Gasteiger partial charge in [-0.1, -0.05) is 0 Å². The van der Waals surface area contributed by atoms with Crippen molar-refractivity contribution in [2.45, 2.75) is 39.7 Å². The summed E-state index contributed by atoms with van der Waals surface area (Å²) in [6.45, 7) is 5.77. The van der Waals surface area contributed by atoms with Crippen molar-refractivity contribution < 1.29 is 0 Å². The van der Waals surface area contributed by atoms with E-state index < -0.39 is 0 Å². The zero-order chi connectivity index (χ0) is 15.4. The highest BCUT2D eigenvalue weighted by molar-refractivity contribution is 5.83. The zero-order valence-electron chi connectivity index (χ0n) is 12.9. The molecule has 0 saturated heterocycles. The summed E-state index contributed by atoms with van der Waals surface area (Å²) in [5, 5.41) is 24.5. The number of anilines is 1. The zero-order valence-corrected chi connectivity index (χ0v) is 12.9. The third kappa shape index (κ3) is 2.92. The van der Waals surface area contributed by atoms with Gasteiger partial charge in [0, 0.05) is 37.6 Å². The lowest BCUT2D eigenvalue weighted by Gasteiger charge is -2.22. The maximum absolute atomic E-state index is 9.20. The highest BCUT2D eigenvalue weighted by Gasteiger charge is 2.19. The van der Waals surface area contributed by atoms with Crippen LogP contribution in [0.25, 0.3) is 0 Å². The first-order valence-electron chi connectivity index (χ1n) is 7.31. The van der Waals surface area contributed by atoms with Crippen molar-refractivity contribution in [3.05, 3.63) is 22.7 Å². The van der Waals surface area contributed by atoms with Crippen LogP contribution in [-0.4, -0.2) is 34.5 Å². The lowest BCUT2D eigenvalue weighted by Crippen LogP contribution is -2.25. The molecule has 21 heavy (non-hydrogen) atoms. The Bertz CT molecular complexity index is 604. The lowest BCUT2D eigenvalue weighted by molar-refractivity contribution is 0.444. The van der Waals surface area contributed by atoms with Gasteiger partial charge in [0.2, 0.25) is 0 Å². The molecule has 0 atom stereocenters. The van der Waals surface area contributed by atoms with E-state index in [0.29, 0.717) is 11.4 Å². The van der Waals surface area contributed by atoms with E-state index in [1.54, 1.807) is 0 Å². The predicted molar refractivity (Wildman–Crippen MR) is 83.3 cm³/mol. The second-order valence-corrected chi connectivity index (χ2v) is 5.26. The van der Waals surface area contributed by atoms with E-state index in [1.165, 1.54) is 12.1 Å². The fraction of sp³-hybridized carbons (Fsp3) is 0.533. The first-order chi connectivity index (χ1) is 10.1. The molecular formula is C15H22N6. The number of rotatable bonds is 5. The minimum atomic E-state index is 0.310. The topological polar surface area (TPSA) is 80.7 Å². The van der Waals surface area contributed by atoms with Gasteiger partial charge < -0.3 is 15.6 Å². The Labute approximate surface area is 125 Å².